The Balaban J connectivity index is 2.50. The Morgan fingerprint density at radius 2 is 1.83 bits per heavy atom. The highest BCUT2D eigenvalue weighted by molar-refractivity contribution is 5.31. The van der Waals surface area contributed by atoms with E-state index in [1.165, 1.54) is 5.57 Å². The lowest BCUT2D eigenvalue weighted by molar-refractivity contribution is 0.785. The monoisotopic (exact) mass is 161 g/mol. The minimum absolute atomic E-state index is 0.950. The van der Waals surface area contributed by atoms with Gasteiger partial charge in [-0.05, 0) is 12.1 Å². The molecular formula is C11H15N. The van der Waals surface area contributed by atoms with Crippen molar-refractivity contribution in [3.63, 3.8) is 0 Å². The Morgan fingerprint density at radius 1 is 1.08 bits per heavy atom. The van der Waals surface area contributed by atoms with Gasteiger partial charge in [-0.15, -0.1) is 0 Å². The zero-order valence-electron chi connectivity index (χ0n) is 7.46. The van der Waals surface area contributed by atoms with E-state index in [1.807, 2.05) is 18.2 Å². The summed E-state index contributed by atoms with van der Waals surface area (Å²) in [5, 5.41) is 3.29. The molecule has 0 amide bonds. The third-order valence-electron chi connectivity index (χ3n) is 1.64. The van der Waals surface area contributed by atoms with Crippen molar-refractivity contribution >= 4 is 0 Å². The van der Waals surface area contributed by atoms with E-state index >= 15 is 0 Å². The molecular weight excluding hydrogens is 146 g/mol. The Labute approximate surface area is 74.2 Å². The summed E-state index contributed by atoms with van der Waals surface area (Å²) in [6.07, 6.45) is 14.5. The van der Waals surface area contributed by atoms with Crippen molar-refractivity contribution in [2.75, 3.05) is 13.1 Å². The fourth-order valence-electron chi connectivity index (χ4n) is 0.993. The number of nitrogens with one attached hydrogen (secondary N) is 1. The van der Waals surface area contributed by atoms with E-state index in [4.69, 9.17) is 0 Å². The molecule has 0 unspecified atom stereocenters. The van der Waals surface area contributed by atoms with Gasteiger partial charge in [0.05, 0.1) is 0 Å². The lowest BCUT2D eigenvalue weighted by Gasteiger charge is -2.01. The first-order chi connectivity index (χ1) is 5.93. The van der Waals surface area contributed by atoms with E-state index in [0.717, 1.165) is 13.1 Å². The molecule has 12 heavy (non-hydrogen) atoms. The van der Waals surface area contributed by atoms with Gasteiger partial charge >= 0.3 is 0 Å². The van der Waals surface area contributed by atoms with Crippen LogP contribution in [0.4, 0.5) is 0 Å². The smallest absolute Gasteiger partial charge is 0.0205 e. The van der Waals surface area contributed by atoms with Crippen molar-refractivity contribution in [3.8, 4) is 0 Å². The molecule has 0 aromatic heterocycles. The standard InChI is InChI=1S/C11H15N/c1-2-12-10-11-8-6-4-3-5-7-9-11/h3-9,12H,2,10H2,1H3/b4-3-,5-3?,6-4?,7-5-,8-6?,9-7?,11-8?,11-9?. The topological polar surface area (TPSA) is 12.0 Å². The van der Waals surface area contributed by atoms with Crippen LogP contribution in [0.1, 0.15) is 6.92 Å². The first-order valence-corrected chi connectivity index (χ1v) is 4.35. The summed E-state index contributed by atoms with van der Waals surface area (Å²) in [7, 11) is 0. The number of hydrogen-bond acceptors (Lipinski definition) is 1. The van der Waals surface area contributed by atoms with Gasteiger partial charge in [0.2, 0.25) is 0 Å². The second-order valence-corrected chi connectivity index (χ2v) is 2.65. The molecule has 1 N–H and O–H groups in total. The molecule has 0 aromatic carbocycles. The molecule has 0 atom stereocenters. The summed E-state index contributed by atoms with van der Waals surface area (Å²) in [6, 6.07) is 0. The molecule has 0 saturated heterocycles. The van der Waals surface area contributed by atoms with E-state index in [2.05, 4.69) is 36.5 Å². The van der Waals surface area contributed by atoms with Crippen LogP contribution in [-0.4, -0.2) is 13.1 Å². The molecule has 0 bridgehead atoms. The van der Waals surface area contributed by atoms with Gasteiger partial charge < -0.3 is 5.32 Å². The number of rotatable bonds is 3. The van der Waals surface area contributed by atoms with Crippen molar-refractivity contribution in [1.29, 1.82) is 0 Å². The summed E-state index contributed by atoms with van der Waals surface area (Å²) in [5.41, 5.74) is 1.32. The van der Waals surface area contributed by atoms with E-state index in [0.29, 0.717) is 0 Å². The summed E-state index contributed by atoms with van der Waals surface area (Å²) in [4.78, 5) is 0. The molecule has 0 radical (unpaired) electrons. The van der Waals surface area contributed by atoms with E-state index in [1.54, 1.807) is 0 Å². The van der Waals surface area contributed by atoms with Crippen LogP contribution < -0.4 is 5.32 Å². The first kappa shape index (κ1) is 9.01. The fraction of sp³-hybridized carbons (Fsp3) is 0.273. The van der Waals surface area contributed by atoms with Gasteiger partial charge in [-0.3, -0.25) is 0 Å². The van der Waals surface area contributed by atoms with Crippen molar-refractivity contribution in [2.45, 2.75) is 6.92 Å². The van der Waals surface area contributed by atoms with Gasteiger partial charge in [0.1, 0.15) is 0 Å². The van der Waals surface area contributed by atoms with Crippen LogP contribution >= 0.6 is 0 Å². The minimum Gasteiger partial charge on any atom is -0.313 e. The highest BCUT2D eigenvalue weighted by atomic mass is 14.8. The summed E-state index contributed by atoms with van der Waals surface area (Å²) in [5.74, 6) is 0. The molecule has 1 heteroatoms. The first-order valence-electron chi connectivity index (χ1n) is 4.35. The van der Waals surface area contributed by atoms with E-state index in [9.17, 15) is 0 Å². The quantitative estimate of drug-likeness (QED) is 0.669. The molecule has 1 nitrogen and oxygen atoms in total. The Hall–Kier alpha value is -1.08. The highest BCUT2D eigenvalue weighted by Crippen LogP contribution is 1.99. The van der Waals surface area contributed by atoms with Gasteiger partial charge in [0.15, 0.2) is 0 Å². The number of allylic oxidation sites excluding steroid dienone is 6. The molecule has 0 aliphatic heterocycles. The van der Waals surface area contributed by atoms with Gasteiger partial charge in [-0.1, -0.05) is 49.5 Å². The maximum absolute atomic E-state index is 3.29. The molecule has 0 fully saturated rings. The van der Waals surface area contributed by atoms with Crippen LogP contribution in [0.15, 0.2) is 48.1 Å². The van der Waals surface area contributed by atoms with Crippen LogP contribution in [0.3, 0.4) is 0 Å². The average molecular weight is 161 g/mol. The number of hydrogen-bond donors (Lipinski definition) is 1. The number of likely N-dealkylation sites (N-methyl/N-ethyl adjacent to an activating group) is 1. The molecule has 0 heterocycles. The second kappa shape index (κ2) is 5.56. The van der Waals surface area contributed by atoms with Crippen molar-refractivity contribution in [3.05, 3.63) is 48.1 Å². The molecule has 64 valence electrons. The maximum atomic E-state index is 3.29. The highest BCUT2D eigenvalue weighted by Gasteiger charge is 1.88. The van der Waals surface area contributed by atoms with Gasteiger partial charge in [-0.2, -0.15) is 0 Å². The summed E-state index contributed by atoms with van der Waals surface area (Å²) < 4.78 is 0. The molecule has 0 saturated carbocycles. The normalized spacial score (nSPS) is 20.9. The Kier molecular flexibility index (Phi) is 4.17. The predicted molar refractivity (Wildman–Crippen MR) is 54.0 cm³/mol. The van der Waals surface area contributed by atoms with Crippen molar-refractivity contribution in [1.82, 2.24) is 5.32 Å². The average Bonchev–Trinajstić information content (AvgIpc) is 2.02. The molecule has 1 rings (SSSR count). The second-order valence-electron chi connectivity index (χ2n) is 2.65. The van der Waals surface area contributed by atoms with E-state index < -0.39 is 0 Å². The lowest BCUT2D eigenvalue weighted by Crippen LogP contribution is -2.15. The van der Waals surface area contributed by atoms with Crippen LogP contribution in [-0.2, 0) is 0 Å². The van der Waals surface area contributed by atoms with Crippen LogP contribution in [0, 0.1) is 0 Å². The SMILES string of the molecule is CCNCC1=C/C=C\C=C/C=C1. The zero-order valence-corrected chi connectivity index (χ0v) is 7.46. The lowest BCUT2D eigenvalue weighted by atomic mass is 10.2. The summed E-state index contributed by atoms with van der Waals surface area (Å²) >= 11 is 0. The third kappa shape index (κ3) is 3.35. The molecule has 0 aromatic rings. The molecule has 1 aliphatic rings. The van der Waals surface area contributed by atoms with Crippen molar-refractivity contribution < 1.29 is 0 Å². The maximum Gasteiger partial charge on any atom is 0.0205 e. The van der Waals surface area contributed by atoms with Crippen LogP contribution in [0.5, 0.6) is 0 Å². The van der Waals surface area contributed by atoms with Gasteiger partial charge in [0, 0.05) is 6.54 Å². The largest absolute Gasteiger partial charge is 0.313 e. The Bertz CT molecular complexity index is 231. The zero-order chi connectivity index (χ0) is 8.65. The Morgan fingerprint density at radius 3 is 2.67 bits per heavy atom. The van der Waals surface area contributed by atoms with Crippen LogP contribution in [0.25, 0.3) is 0 Å². The molecule has 0 spiro atoms. The molecule has 1 aliphatic carbocycles. The fourth-order valence-corrected chi connectivity index (χ4v) is 0.993. The van der Waals surface area contributed by atoms with Crippen LogP contribution in [0.2, 0.25) is 0 Å². The summed E-state index contributed by atoms with van der Waals surface area (Å²) in [6.45, 7) is 4.08. The predicted octanol–water partition coefficient (Wildman–Crippen LogP) is 2.20. The minimum atomic E-state index is 0.950. The van der Waals surface area contributed by atoms with E-state index in [-0.39, 0.29) is 0 Å². The third-order valence-corrected chi connectivity index (χ3v) is 1.64. The van der Waals surface area contributed by atoms with Gasteiger partial charge in [-0.25, -0.2) is 0 Å². The van der Waals surface area contributed by atoms with Gasteiger partial charge in [0.25, 0.3) is 0 Å². The van der Waals surface area contributed by atoms with Crippen molar-refractivity contribution in [2.24, 2.45) is 0 Å².